The molecule has 22 heavy (non-hydrogen) atoms. The number of guanidine groups is 1. The highest BCUT2D eigenvalue weighted by molar-refractivity contribution is 9.10. The van der Waals surface area contributed by atoms with Crippen LogP contribution < -0.4 is 10.6 Å². The minimum absolute atomic E-state index is 0.496. The average molecular weight is 368 g/mol. The van der Waals surface area contributed by atoms with Crippen molar-refractivity contribution in [2.24, 2.45) is 4.99 Å². The second-order valence-electron chi connectivity index (χ2n) is 5.55. The molecule has 0 heterocycles. The molecule has 2 unspecified atom stereocenters. The van der Waals surface area contributed by atoms with Gasteiger partial charge in [0.15, 0.2) is 5.96 Å². The van der Waals surface area contributed by atoms with Gasteiger partial charge in [-0.15, -0.1) is 0 Å². The third-order valence-corrected chi connectivity index (χ3v) is 4.38. The summed E-state index contributed by atoms with van der Waals surface area (Å²) >= 11 is 3.48. The normalized spacial score (nSPS) is 20.8. The Bertz CT molecular complexity index is 475. The Morgan fingerprint density at radius 2 is 2.09 bits per heavy atom. The van der Waals surface area contributed by atoms with E-state index in [9.17, 15) is 0 Å². The van der Waals surface area contributed by atoms with Crippen LogP contribution in [0.1, 0.15) is 37.7 Å². The zero-order valence-corrected chi connectivity index (χ0v) is 15.0. The van der Waals surface area contributed by atoms with Gasteiger partial charge in [0.05, 0.1) is 0 Å². The summed E-state index contributed by atoms with van der Waals surface area (Å²) in [5.41, 5.74) is 1.40. The number of nitrogens with zero attached hydrogens (tertiary/aromatic N) is 1. The molecule has 2 rings (SSSR count). The molecule has 1 aromatic rings. The van der Waals surface area contributed by atoms with Crippen molar-refractivity contribution >= 4 is 21.9 Å². The quantitative estimate of drug-likeness (QED) is 0.421. The lowest BCUT2D eigenvalue weighted by atomic mass is 10.1. The maximum Gasteiger partial charge on any atom is 0.191 e. The zero-order valence-electron chi connectivity index (χ0n) is 13.4. The topological polar surface area (TPSA) is 45.6 Å². The zero-order chi connectivity index (χ0) is 15.8. The van der Waals surface area contributed by atoms with E-state index in [0.717, 1.165) is 43.0 Å². The first-order valence-corrected chi connectivity index (χ1v) is 8.84. The second-order valence-corrected chi connectivity index (χ2v) is 6.46. The van der Waals surface area contributed by atoms with Crippen molar-refractivity contribution in [1.82, 2.24) is 10.6 Å². The first kappa shape index (κ1) is 17.3. The van der Waals surface area contributed by atoms with E-state index in [0.29, 0.717) is 12.0 Å². The molecule has 0 aromatic heterocycles. The Kier molecular flexibility index (Phi) is 7.19. The van der Waals surface area contributed by atoms with E-state index in [2.05, 4.69) is 55.8 Å². The van der Waals surface area contributed by atoms with Crippen molar-refractivity contribution < 1.29 is 4.74 Å². The van der Waals surface area contributed by atoms with Crippen molar-refractivity contribution in [2.45, 2.75) is 38.1 Å². The SMILES string of the molecule is CCOCCCCNC(=NC)NC1CC1c1ccc(Br)cc1. The predicted octanol–water partition coefficient (Wildman–Crippen LogP) is 3.29. The molecule has 1 aromatic carbocycles. The van der Waals surface area contributed by atoms with Crippen molar-refractivity contribution in [3.63, 3.8) is 0 Å². The largest absolute Gasteiger partial charge is 0.382 e. The maximum absolute atomic E-state index is 5.34. The number of hydrogen-bond acceptors (Lipinski definition) is 2. The Labute approximate surface area is 141 Å². The summed E-state index contributed by atoms with van der Waals surface area (Å²) < 4.78 is 6.47. The maximum atomic E-state index is 5.34. The van der Waals surface area contributed by atoms with Crippen molar-refractivity contribution in [2.75, 3.05) is 26.8 Å². The molecule has 5 heteroatoms. The number of hydrogen-bond donors (Lipinski definition) is 2. The number of benzene rings is 1. The molecule has 0 radical (unpaired) electrons. The number of halogens is 1. The molecular weight excluding hydrogens is 342 g/mol. The third kappa shape index (κ3) is 5.61. The molecule has 0 bridgehead atoms. The summed E-state index contributed by atoms with van der Waals surface area (Å²) in [5.74, 6) is 1.51. The molecule has 2 N–H and O–H groups in total. The molecule has 1 saturated carbocycles. The molecule has 0 saturated heterocycles. The summed E-state index contributed by atoms with van der Waals surface area (Å²) in [5, 5.41) is 6.88. The Morgan fingerprint density at radius 3 is 2.77 bits per heavy atom. The predicted molar refractivity (Wildman–Crippen MR) is 95.5 cm³/mol. The van der Waals surface area contributed by atoms with E-state index in [1.807, 2.05) is 14.0 Å². The Balaban J connectivity index is 1.66. The molecule has 0 aliphatic heterocycles. The molecule has 1 aliphatic carbocycles. The third-order valence-electron chi connectivity index (χ3n) is 3.85. The van der Waals surface area contributed by atoms with E-state index >= 15 is 0 Å². The first-order chi connectivity index (χ1) is 10.7. The van der Waals surface area contributed by atoms with Gasteiger partial charge in [0, 0.05) is 43.2 Å². The number of aliphatic imine (C=N–C) groups is 1. The standard InChI is InChI=1S/C17H26BrN3O/c1-3-22-11-5-4-10-20-17(19-2)21-16-12-15(16)13-6-8-14(18)9-7-13/h6-9,15-16H,3-5,10-12H2,1-2H3,(H2,19,20,21). The highest BCUT2D eigenvalue weighted by atomic mass is 79.9. The number of nitrogens with one attached hydrogen (secondary N) is 2. The van der Waals surface area contributed by atoms with Gasteiger partial charge in [-0.05, 0) is 43.9 Å². The van der Waals surface area contributed by atoms with Gasteiger partial charge < -0.3 is 15.4 Å². The van der Waals surface area contributed by atoms with Gasteiger partial charge in [0.1, 0.15) is 0 Å². The lowest BCUT2D eigenvalue weighted by molar-refractivity contribution is 0.143. The summed E-state index contributed by atoms with van der Waals surface area (Å²) in [6, 6.07) is 9.10. The van der Waals surface area contributed by atoms with Gasteiger partial charge in [-0.2, -0.15) is 0 Å². The first-order valence-electron chi connectivity index (χ1n) is 8.05. The van der Waals surface area contributed by atoms with Gasteiger partial charge in [-0.25, -0.2) is 0 Å². The van der Waals surface area contributed by atoms with Crippen LogP contribution in [-0.2, 0) is 4.74 Å². The van der Waals surface area contributed by atoms with E-state index < -0.39 is 0 Å². The van der Waals surface area contributed by atoms with Crippen molar-refractivity contribution in [3.05, 3.63) is 34.3 Å². The summed E-state index contributed by atoms with van der Waals surface area (Å²) in [7, 11) is 1.83. The van der Waals surface area contributed by atoms with Crippen molar-refractivity contribution in [1.29, 1.82) is 0 Å². The molecule has 2 atom stereocenters. The van der Waals surface area contributed by atoms with E-state index in [-0.39, 0.29) is 0 Å². The van der Waals surface area contributed by atoms with E-state index in [4.69, 9.17) is 4.74 Å². The number of rotatable bonds is 8. The average Bonchev–Trinajstić information content (AvgIpc) is 3.29. The van der Waals surface area contributed by atoms with Crippen LogP contribution in [0, 0.1) is 0 Å². The number of ether oxygens (including phenoxy) is 1. The van der Waals surface area contributed by atoms with Crippen LogP contribution in [-0.4, -0.2) is 38.8 Å². The minimum atomic E-state index is 0.496. The fourth-order valence-electron chi connectivity index (χ4n) is 2.48. The Hall–Kier alpha value is -1.07. The lowest BCUT2D eigenvalue weighted by Gasteiger charge is -2.12. The van der Waals surface area contributed by atoms with Crippen LogP contribution in [0.5, 0.6) is 0 Å². The van der Waals surface area contributed by atoms with E-state index in [1.165, 1.54) is 12.0 Å². The molecular formula is C17H26BrN3O. The van der Waals surface area contributed by atoms with E-state index in [1.54, 1.807) is 0 Å². The summed E-state index contributed by atoms with van der Waals surface area (Å²) in [6.07, 6.45) is 3.36. The summed E-state index contributed by atoms with van der Waals surface area (Å²) in [6.45, 7) is 4.61. The fraction of sp³-hybridized carbons (Fsp3) is 0.588. The van der Waals surface area contributed by atoms with Gasteiger partial charge in [0.25, 0.3) is 0 Å². The van der Waals surface area contributed by atoms with Crippen LogP contribution in [0.15, 0.2) is 33.7 Å². The lowest BCUT2D eigenvalue weighted by Crippen LogP contribution is -2.39. The smallest absolute Gasteiger partial charge is 0.191 e. The number of unbranched alkanes of at least 4 members (excludes halogenated alkanes) is 1. The van der Waals surface area contributed by atoms with Crippen LogP contribution in [0.25, 0.3) is 0 Å². The van der Waals surface area contributed by atoms with Crippen LogP contribution in [0.4, 0.5) is 0 Å². The molecule has 4 nitrogen and oxygen atoms in total. The van der Waals surface area contributed by atoms with Gasteiger partial charge in [-0.1, -0.05) is 28.1 Å². The van der Waals surface area contributed by atoms with Gasteiger partial charge >= 0.3 is 0 Å². The molecule has 1 aliphatic rings. The Morgan fingerprint density at radius 1 is 1.32 bits per heavy atom. The van der Waals surface area contributed by atoms with Crippen LogP contribution >= 0.6 is 15.9 Å². The molecule has 1 fully saturated rings. The van der Waals surface area contributed by atoms with Crippen LogP contribution in [0.2, 0.25) is 0 Å². The molecule has 0 spiro atoms. The second kappa shape index (κ2) is 9.16. The highest BCUT2D eigenvalue weighted by Gasteiger charge is 2.38. The van der Waals surface area contributed by atoms with Gasteiger partial charge in [-0.3, -0.25) is 4.99 Å². The minimum Gasteiger partial charge on any atom is -0.382 e. The highest BCUT2D eigenvalue weighted by Crippen LogP contribution is 2.40. The fourth-order valence-corrected chi connectivity index (χ4v) is 2.75. The summed E-state index contributed by atoms with van der Waals surface area (Å²) in [4.78, 5) is 4.30. The van der Waals surface area contributed by atoms with Gasteiger partial charge in [0.2, 0.25) is 0 Å². The molecule has 122 valence electrons. The monoisotopic (exact) mass is 367 g/mol. The van der Waals surface area contributed by atoms with Crippen molar-refractivity contribution in [3.8, 4) is 0 Å². The van der Waals surface area contributed by atoms with Crippen LogP contribution in [0.3, 0.4) is 0 Å². The molecule has 0 amide bonds.